The van der Waals surface area contributed by atoms with Crippen LogP contribution in [0.5, 0.6) is 0 Å². The number of hydrogen-bond acceptors (Lipinski definition) is 4. The van der Waals surface area contributed by atoms with E-state index in [1.165, 1.54) is 6.26 Å². The monoisotopic (exact) mass is 308 g/mol. The zero-order valence-corrected chi connectivity index (χ0v) is 12.2. The predicted octanol–water partition coefficient (Wildman–Crippen LogP) is 1.16. The molecule has 0 radical (unpaired) electrons. The van der Waals surface area contributed by atoms with Gasteiger partial charge in [-0.2, -0.15) is 0 Å². The molecule has 0 saturated heterocycles. The van der Waals surface area contributed by atoms with Gasteiger partial charge in [0.2, 0.25) is 5.91 Å². The minimum absolute atomic E-state index is 0.0314. The van der Waals surface area contributed by atoms with Gasteiger partial charge in [0, 0.05) is 19.0 Å². The highest BCUT2D eigenvalue weighted by atomic mass is 16.4. The number of amides is 2. The number of aliphatic carboxylic acids is 1. The number of carbonyl (C=O) groups excluding carboxylic acids is 2. The lowest BCUT2D eigenvalue weighted by Crippen LogP contribution is -2.40. The first-order valence-electron chi connectivity index (χ1n) is 7.40. The molecule has 2 amide bonds. The van der Waals surface area contributed by atoms with Gasteiger partial charge in [-0.1, -0.05) is 0 Å². The van der Waals surface area contributed by atoms with Crippen LogP contribution in [0.2, 0.25) is 0 Å². The van der Waals surface area contributed by atoms with E-state index in [2.05, 4.69) is 10.6 Å². The Balaban J connectivity index is 1.62. The molecule has 0 atom stereocenters. The van der Waals surface area contributed by atoms with Crippen molar-refractivity contribution >= 4 is 17.8 Å². The van der Waals surface area contributed by atoms with E-state index in [4.69, 9.17) is 9.52 Å². The van der Waals surface area contributed by atoms with Gasteiger partial charge >= 0.3 is 5.97 Å². The van der Waals surface area contributed by atoms with Gasteiger partial charge in [-0.3, -0.25) is 14.4 Å². The normalized spacial score (nSPS) is 21.1. The minimum atomic E-state index is -0.759. The summed E-state index contributed by atoms with van der Waals surface area (Å²) in [6.07, 6.45) is 4.15. The van der Waals surface area contributed by atoms with Crippen LogP contribution in [0.1, 0.15) is 42.7 Å². The summed E-state index contributed by atoms with van der Waals surface area (Å²) in [5, 5.41) is 14.4. The highest BCUT2D eigenvalue weighted by Crippen LogP contribution is 2.24. The number of furan rings is 1. The molecule has 1 aromatic heterocycles. The first-order chi connectivity index (χ1) is 10.6. The SMILES string of the molecule is O=C(CCNC(=O)c1ccco1)NC1CCC(C(=O)O)CC1. The van der Waals surface area contributed by atoms with E-state index in [9.17, 15) is 14.4 Å². The lowest BCUT2D eigenvalue weighted by atomic mass is 9.86. The lowest BCUT2D eigenvalue weighted by molar-refractivity contribution is -0.142. The van der Waals surface area contributed by atoms with Crippen LogP contribution in [0.3, 0.4) is 0 Å². The van der Waals surface area contributed by atoms with Gasteiger partial charge in [-0.25, -0.2) is 0 Å². The largest absolute Gasteiger partial charge is 0.481 e. The molecule has 1 aromatic rings. The molecule has 1 aliphatic rings. The third-order valence-corrected chi connectivity index (χ3v) is 3.82. The summed E-state index contributed by atoms with van der Waals surface area (Å²) in [5.41, 5.74) is 0. The first kappa shape index (κ1) is 16.1. The Morgan fingerprint density at radius 2 is 1.95 bits per heavy atom. The second-order valence-electron chi connectivity index (χ2n) is 5.44. The van der Waals surface area contributed by atoms with E-state index in [0.717, 1.165) is 0 Å². The van der Waals surface area contributed by atoms with E-state index in [1.807, 2.05) is 0 Å². The van der Waals surface area contributed by atoms with Crippen LogP contribution in [0.4, 0.5) is 0 Å². The Morgan fingerprint density at radius 3 is 2.55 bits per heavy atom. The molecule has 0 aromatic carbocycles. The summed E-state index contributed by atoms with van der Waals surface area (Å²) in [5.74, 6) is -1.32. The quantitative estimate of drug-likeness (QED) is 0.730. The molecule has 1 heterocycles. The van der Waals surface area contributed by atoms with Crippen LogP contribution in [-0.2, 0) is 9.59 Å². The summed E-state index contributed by atoms with van der Waals surface area (Å²) in [7, 11) is 0. The zero-order valence-electron chi connectivity index (χ0n) is 12.2. The molecule has 1 aliphatic carbocycles. The van der Waals surface area contributed by atoms with Crippen LogP contribution in [0, 0.1) is 5.92 Å². The van der Waals surface area contributed by atoms with Crippen LogP contribution in [0.15, 0.2) is 22.8 Å². The number of rotatable bonds is 6. The molecule has 1 saturated carbocycles. The molecule has 0 spiro atoms. The van der Waals surface area contributed by atoms with Crippen molar-refractivity contribution in [2.45, 2.75) is 38.1 Å². The number of carboxylic acid groups (broad SMARTS) is 1. The fraction of sp³-hybridized carbons (Fsp3) is 0.533. The van der Waals surface area contributed by atoms with Gasteiger partial charge in [0.1, 0.15) is 0 Å². The van der Waals surface area contributed by atoms with Crippen molar-refractivity contribution < 1.29 is 23.9 Å². The zero-order chi connectivity index (χ0) is 15.9. The molecule has 1 fully saturated rings. The standard InChI is InChI=1S/C15H20N2O5/c18-13(7-8-16-14(19)12-2-1-9-22-12)17-11-5-3-10(4-6-11)15(20)21/h1-2,9-11H,3-8H2,(H,16,19)(H,17,18)(H,20,21). The highest BCUT2D eigenvalue weighted by molar-refractivity contribution is 5.91. The van der Waals surface area contributed by atoms with Crippen molar-refractivity contribution in [3.63, 3.8) is 0 Å². The lowest BCUT2D eigenvalue weighted by Gasteiger charge is -2.26. The Morgan fingerprint density at radius 1 is 1.23 bits per heavy atom. The average molecular weight is 308 g/mol. The molecule has 22 heavy (non-hydrogen) atoms. The summed E-state index contributed by atoms with van der Waals surface area (Å²) in [6, 6.07) is 3.20. The summed E-state index contributed by atoms with van der Waals surface area (Å²) in [6.45, 7) is 0.232. The molecular weight excluding hydrogens is 288 g/mol. The number of carboxylic acids is 1. The van der Waals surface area contributed by atoms with Gasteiger partial charge < -0.3 is 20.2 Å². The van der Waals surface area contributed by atoms with E-state index in [0.29, 0.717) is 25.7 Å². The maximum absolute atomic E-state index is 11.8. The Hall–Kier alpha value is -2.31. The summed E-state index contributed by atoms with van der Waals surface area (Å²) >= 11 is 0. The average Bonchev–Trinajstić information content (AvgIpc) is 3.02. The van der Waals surface area contributed by atoms with E-state index >= 15 is 0 Å². The van der Waals surface area contributed by atoms with E-state index < -0.39 is 5.97 Å². The molecule has 7 heteroatoms. The van der Waals surface area contributed by atoms with Crippen molar-refractivity contribution in [3.8, 4) is 0 Å². The molecular formula is C15H20N2O5. The van der Waals surface area contributed by atoms with Crippen molar-refractivity contribution in [2.75, 3.05) is 6.54 Å². The second-order valence-corrected chi connectivity index (χ2v) is 5.44. The Labute approximate surface area is 128 Å². The van der Waals surface area contributed by atoms with Crippen LogP contribution in [0.25, 0.3) is 0 Å². The third-order valence-electron chi connectivity index (χ3n) is 3.82. The fourth-order valence-corrected chi connectivity index (χ4v) is 2.57. The van der Waals surface area contributed by atoms with Crippen molar-refractivity contribution in [3.05, 3.63) is 24.2 Å². The van der Waals surface area contributed by atoms with Gasteiger partial charge in [0.15, 0.2) is 5.76 Å². The Bertz CT molecular complexity index is 518. The molecule has 2 rings (SSSR count). The van der Waals surface area contributed by atoms with Gasteiger partial charge in [0.05, 0.1) is 12.2 Å². The molecule has 3 N–H and O–H groups in total. The molecule has 0 unspecified atom stereocenters. The number of hydrogen-bond donors (Lipinski definition) is 3. The third kappa shape index (κ3) is 4.61. The minimum Gasteiger partial charge on any atom is -0.481 e. The van der Waals surface area contributed by atoms with Crippen LogP contribution < -0.4 is 10.6 Å². The second kappa shape index (κ2) is 7.63. The number of carbonyl (C=O) groups is 3. The van der Waals surface area contributed by atoms with Crippen molar-refractivity contribution in [1.82, 2.24) is 10.6 Å². The summed E-state index contributed by atoms with van der Waals surface area (Å²) in [4.78, 5) is 34.2. The van der Waals surface area contributed by atoms with Crippen molar-refractivity contribution in [2.24, 2.45) is 5.92 Å². The molecule has 120 valence electrons. The van der Waals surface area contributed by atoms with Gasteiger partial charge in [-0.05, 0) is 37.8 Å². The first-order valence-corrected chi connectivity index (χ1v) is 7.40. The van der Waals surface area contributed by atoms with Crippen molar-refractivity contribution in [1.29, 1.82) is 0 Å². The van der Waals surface area contributed by atoms with E-state index in [-0.39, 0.29) is 42.5 Å². The maximum atomic E-state index is 11.8. The van der Waals surface area contributed by atoms with Gasteiger partial charge in [-0.15, -0.1) is 0 Å². The smallest absolute Gasteiger partial charge is 0.306 e. The summed E-state index contributed by atoms with van der Waals surface area (Å²) < 4.78 is 4.94. The highest BCUT2D eigenvalue weighted by Gasteiger charge is 2.26. The topological polar surface area (TPSA) is 109 Å². The molecule has 0 aliphatic heterocycles. The fourth-order valence-electron chi connectivity index (χ4n) is 2.57. The Kier molecular flexibility index (Phi) is 5.57. The van der Waals surface area contributed by atoms with Gasteiger partial charge in [0.25, 0.3) is 5.91 Å². The number of nitrogens with one attached hydrogen (secondary N) is 2. The van der Waals surface area contributed by atoms with Crippen LogP contribution >= 0.6 is 0 Å². The maximum Gasteiger partial charge on any atom is 0.306 e. The molecule has 7 nitrogen and oxygen atoms in total. The predicted molar refractivity (Wildman–Crippen MR) is 77.2 cm³/mol. The van der Waals surface area contributed by atoms with Crippen LogP contribution in [-0.4, -0.2) is 35.5 Å². The van der Waals surface area contributed by atoms with E-state index in [1.54, 1.807) is 12.1 Å². The molecule has 0 bridgehead atoms.